The zero-order chi connectivity index (χ0) is 14.7. The molecule has 0 aliphatic heterocycles. The van der Waals surface area contributed by atoms with E-state index in [1.165, 1.54) is 0 Å². The summed E-state index contributed by atoms with van der Waals surface area (Å²) in [5.74, 6) is 0.198. The highest BCUT2D eigenvalue weighted by Gasteiger charge is 2.33. The Morgan fingerprint density at radius 2 is 2.15 bits per heavy atom. The minimum Gasteiger partial charge on any atom is -0.409 e. The topological polar surface area (TPSA) is 78.9 Å². The first kappa shape index (κ1) is 14.4. The molecule has 1 aromatic carbocycles. The lowest BCUT2D eigenvalue weighted by Crippen LogP contribution is -2.36. The van der Waals surface area contributed by atoms with Crippen LogP contribution in [0.15, 0.2) is 23.4 Å². The van der Waals surface area contributed by atoms with Crippen molar-refractivity contribution in [3.8, 4) is 0 Å². The van der Waals surface area contributed by atoms with E-state index in [4.69, 9.17) is 10.9 Å². The lowest BCUT2D eigenvalue weighted by molar-refractivity contribution is 0.0746. The minimum atomic E-state index is 0.0411. The highest BCUT2D eigenvalue weighted by molar-refractivity contribution is 5.96. The fourth-order valence-electron chi connectivity index (χ4n) is 2.24. The van der Waals surface area contributed by atoms with Crippen LogP contribution in [0.3, 0.4) is 0 Å². The molecular weight excluding hydrogens is 254 g/mol. The smallest absolute Gasteiger partial charge is 0.254 e. The Labute approximate surface area is 119 Å². The molecule has 1 fully saturated rings. The molecule has 0 radical (unpaired) electrons. The normalized spacial score (nSPS) is 15.2. The van der Waals surface area contributed by atoms with Crippen LogP contribution in [-0.4, -0.2) is 34.4 Å². The van der Waals surface area contributed by atoms with Crippen molar-refractivity contribution in [2.24, 2.45) is 10.9 Å². The number of aryl methyl sites for hydroxylation is 2. The second-order valence-corrected chi connectivity index (χ2v) is 5.39. The molecule has 0 atom stereocenters. The van der Waals surface area contributed by atoms with E-state index in [1.807, 2.05) is 36.9 Å². The van der Waals surface area contributed by atoms with Gasteiger partial charge in [0.1, 0.15) is 5.84 Å². The number of amidine groups is 1. The molecule has 0 aromatic heterocycles. The molecule has 2 rings (SSSR count). The molecule has 0 bridgehead atoms. The Hall–Kier alpha value is -2.04. The van der Waals surface area contributed by atoms with Crippen molar-refractivity contribution in [1.29, 1.82) is 0 Å². The Kier molecular flexibility index (Phi) is 4.27. The molecule has 5 heteroatoms. The van der Waals surface area contributed by atoms with Crippen LogP contribution in [0, 0.1) is 13.8 Å². The number of amides is 1. The largest absolute Gasteiger partial charge is 0.409 e. The van der Waals surface area contributed by atoms with Crippen molar-refractivity contribution in [2.75, 3.05) is 6.54 Å². The highest BCUT2D eigenvalue weighted by Crippen LogP contribution is 2.29. The van der Waals surface area contributed by atoms with Crippen LogP contribution in [0.5, 0.6) is 0 Å². The molecule has 108 valence electrons. The van der Waals surface area contributed by atoms with Crippen molar-refractivity contribution < 1.29 is 10.0 Å². The maximum atomic E-state index is 12.7. The van der Waals surface area contributed by atoms with Gasteiger partial charge in [-0.05, 0) is 38.3 Å². The monoisotopic (exact) mass is 275 g/mol. The summed E-state index contributed by atoms with van der Waals surface area (Å²) in [5.41, 5.74) is 8.30. The molecule has 0 heterocycles. The van der Waals surface area contributed by atoms with Crippen LogP contribution in [0.4, 0.5) is 0 Å². The summed E-state index contributed by atoms with van der Waals surface area (Å²) >= 11 is 0. The van der Waals surface area contributed by atoms with Gasteiger partial charge >= 0.3 is 0 Å². The van der Waals surface area contributed by atoms with Gasteiger partial charge in [0.2, 0.25) is 0 Å². The number of nitrogens with zero attached hydrogens (tertiary/aromatic N) is 2. The van der Waals surface area contributed by atoms with Gasteiger partial charge < -0.3 is 15.8 Å². The molecule has 3 N–H and O–H groups in total. The molecule has 1 aromatic rings. The van der Waals surface area contributed by atoms with Gasteiger partial charge in [-0.1, -0.05) is 22.9 Å². The van der Waals surface area contributed by atoms with Crippen molar-refractivity contribution in [1.82, 2.24) is 4.90 Å². The fraction of sp³-hybridized carbons (Fsp3) is 0.467. The quantitative estimate of drug-likeness (QED) is 0.373. The van der Waals surface area contributed by atoms with Gasteiger partial charge in [-0.3, -0.25) is 4.79 Å². The second kappa shape index (κ2) is 5.94. The summed E-state index contributed by atoms with van der Waals surface area (Å²) in [6, 6.07) is 6.20. The molecule has 1 aliphatic rings. The molecule has 5 nitrogen and oxygen atoms in total. The van der Waals surface area contributed by atoms with E-state index in [9.17, 15) is 4.79 Å². The fourth-order valence-corrected chi connectivity index (χ4v) is 2.24. The van der Waals surface area contributed by atoms with Gasteiger partial charge in [-0.15, -0.1) is 0 Å². The lowest BCUT2D eigenvalue weighted by Gasteiger charge is -2.23. The number of oxime groups is 1. The zero-order valence-corrected chi connectivity index (χ0v) is 12.0. The number of carbonyl (C=O) groups excluding carboxylic acids is 1. The summed E-state index contributed by atoms with van der Waals surface area (Å²) in [7, 11) is 0. The van der Waals surface area contributed by atoms with Crippen LogP contribution in [0.2, 0.25) is 0 Å². The van der Waals surface area contributed by atoms with Gasteiger partial charge in [0.25, 0.3) is 5.91 Å². The van der Waals surface area contributed by atoms with Gasteiger partial charge in [0.15, 0.2) is 0 Å². The standard InChI is InChI=1S/C15H21N3O2/c1-10-3-4-11(2)13(9-10)15(19)18(12-5-6-12)8-7-14(16)17-20/h3-4,9,12,20H,5-8H2,1-2H3,(H2,16,17). The third kappa shape index (κ3) is 3.29. The van der Waals surface area contributed by atoms with E-state index < -0.39 is 0 Å². The number of nitrogens with two attached hydrogens (primary N) is 1. The van der Waals surface area contributed by atoms with E-state index >= 15 is 0 Å². The van der Waals surface area contributed by atoms with Crippen molar-refractivity contribution in [3.05, 3.63) is 34.9 Å². The van der Waals surface area contributed by atoms with Crippen molar-refractivity contribution >= 4 is 11.7 Å². The summed E-state index contributed by atoms with van der Waals surface area (Å²) in [6.45, 7) is 4.42. The minimum absolute atomic E-state index is 0.0411. The molecular formula is C15H21N3O2. The molecule has 20 heavy (non-hydrogen) atoms. The third-order valence-electron chi connectivity index (χ3n) is 3.61. The van der Waals surface area contributed by atoms with Gasteiger partial charge in [-0.2, -0.15) is 0 Å². The SMILES string of the molecule is Cc1ccc(C)c(C(=O)N(CCC(N)=NO)C2CC2)c1. The van der Waals surface area contributed by atoms with Gasteiger partial charge in [-0.25, -0.2) is 0 Å². The zero-order valence-electron chi connectivity index (χ0n) is 12.0. The second-order valence-electron chi connectivity index (χ2n) is 5.39. The summed E-state index contributed by atoms with van der Waals surface area (Å²) in [5, 5.41) is 11.6. The highest BCUT2D eigenvalue weighted by atomic mass is 16.4. The summed E-state index contributed by atoms with van der Waals surface area (Å²) in [6.07, 6.45) is 2.46. The van der Waals surface area contributed by atoms with Crippen molar-refractivity contribution in [2.45, 2.75) is 39.2 Å². The average molecular weight is 275 g/mol. The first-order valence-corrected chi connectivity index (χ1v) is 6.87. The maximum absolute atomic E-state index is 12.7. The predicted molar refractivity (Wildman–Crippen MR) is 78.0 cm³/mol. The first-order chi connectivity index (χ1) is 9.52. The number of hydrogen-bond acceptors (Lipinski definition) is 3. The van der Waals surface area contributed by atoms with Crippen LogP contribution in [-0.2, 0) is 0 Å². The van der Waals surface area contributed by atoms with E-state index in [1.54, 1.807) is 0 Å². The molecule has 1 saturated carbocycles. The number of hydrogen-bond donors (Lipinski definition) is 2. The first-order valence-electron chi connectivity index (χ1n) is 6.87. The molecule has 0 saturated heterocycles. The van der Waals surface area contributed by atoms with Crippen LogP contribution in [0.25, 0.3) is 0 Å². The van der Waals surface area contributed by atoms with Crippen molar-refractivity contribution in [3.63, 3.8) is 0 Å². The average Bonchev–Trinajstić information content (AvgIpc) is 3.25. The van der Waals surface area contributed by atoms with E-state index in [0.29, 0.717) is 19.0 Å². The predicted octanol–water partition coefficient (Wildman–Crippen LogP) is 2.04. The number of rotatable bonds is 5. The van der Waals surface area contributed by atoms with Crippen LogP contribution >= 0.6 is 0 Å². The Morgan fingerprint density at radius 1 is 1.45 bits per heavy atom. The van der Waals surface area contributed by atoms with E-state index in [-0.39, 0.29) is 11.7 Å². The van der Waals surface area contributed by atoms with Gasteiger partial charge in [0.05, 0.1) is 0 Å². The van der Waals surface area contributed by atoms with Gasteiger partial charge in [0, 0.05) is 24.6 Å². The third-order valence-corrected chi connectivity index (χ3v) is 3.61. The Morgan fingerprint density at radius 3 is 2.75 bits per heavy atom. The van der Waals surface area contributed by atoms with E-state index in [0.717, 1.165) is 29.5 Å². The summed E-state index contributed by atoms with van der Waals surface area (Å²) < 4.78 is 0. The molecule has 0 spiro atoms. The van der Waals surface area contributed by atoms with E-state index in [2.05, 4.69) is 5.16 Å². The summed E-state index contributed by atoms with van der Waals surface area (Å²) in [4.78, 5) is 14.5. The molecule has 0 unspecified atom stereocenters. The Balaban J connectivity index is 2.16. The number of carbonyl (C=O) groups is 1. The number of benzene rings is 1. The molecule has 1 amide bonds. The van der Waals surface area contributed by atoms with Crippen LogP contribution < -0.4 is 5.73 Å². The van der Waals surface area contributed by atoms with Crippen LogP contribution in [0.1, 0.15) is 40.7 Å². The Bertz CT molecular complexity index is 536. The maximum Gasteiger partial charge on any atom is 0.254 e. The lowest BCUT2D eigenvalue weighted by atomic mass is 10.0. The molecule has 1 aliphatic carbocycles.